The third kappa shape index (κ3) is 3.10. The average Bonchev–Trinajstić information content (AvgIpc) is 2.98. The molecular formula is C13H21N3O2. The van der Waals surface area contributed by atoms with E-state index in [0.29, 0.717) is 12.6 Å². The van der Waals surface area contributed by atoms with E-state index in [4.69, 9.17) is 5.11 Å². The van der Waals surface area contributed by atoms with Crippen molar-refractivity contribution in [3.63, 3.8) is 0 Å². The molecule has 0 aliphatic heterocycles. The Balaban J connectivity index is 2.06. The third-order valence-corrected chi connectivity index (χ3v) is 3.67. The fourth-order valence-electron chi connectivity index (χ4n) is 2.72. The summed E-state index contributed by atoms with van der Waals surface area (Å²) in [5, 5.41) is 9.03. The highest BCUT2D eigenvalue weighted by atomic mass is 16.4. The predicted octanol–water partition coefficient (Wildman–Crippen LogP) is 1.73. The van der Waals surface area contributed by atoms with Crippen molar-refractivity contribution in [2.45, 2.75) is 51.7 Å². The SMILES string of the molecule is CCn1ccnc1CN(CC(=O)O)C1CCCC1. The summed E-state index contributed by atoms with van der Waals surface area (Å²) in [4.78, 5) is 17.4. The van der Waals surface area contributed by atoms with Crippen LogP contribution in [0.1, 0.15) is 38.4 Å². The maximum Gasteiger partial charge on any atom is 0.317 e. The number of aryl methyl sites for hydroxylation is 1. The van der Waals surface area contributed by atoms with Crippen LogP contribution in [0.2, 0.25) is 0 Å². The van der Waals surface area contributed by atoms with Crippen molar-refractivity contribution >= 4 is 5.97 Å². The summed E-state index contributed by atoms with van der Waals surface area (Å²) < 4.78 is 2.07. The lowest BCUT2D eigenvalue weighted by atomic mass is 10.2. The van der Waals surface area contributed by atoms with E-state index in [9.17, 15) is 4.79 Å². The number of hydrogen-bond donors (Lipinski definition) is 1. The second-order valence-electron chi connectivity index (χ2n) is 4.87. The van der Waals surface area contributed by atoms with Gasteiger partial charge in [0.05, 0.1) is 13.1 Å². The summed E-state index contributed by atoms with van der Waals surface area (Å²) in [6.07, 6.45) is 8.38. The highest BCUT2D eigenvalue weighted by molar-refractivity contribution is 5.69. The van der Waals surface area contributed by atoms with Crippen molar-refractivity contribution in [3.8, 4) is 0 Å². The van der Waals surface area contributed by atoms with Gasteiger partial charge in [-0.05, 0) is 19.8 Å². The molecule has 5 nitrogen and oxygen atoms in total. The van der Waals surface area contributed by atoms with Crippen molar-refractivity contribution in [3.05, 3.63) is 18.2 Å². The molecule has 0 unspecified atom stereocenters. The Morgan fingerprint density at radius 3 is 2.89 bits per heavy atom. The van der Waals surface area contributed by atoms with E-state index in [2.05, 4.69) is 21.4 Å². The summed E-state index contributed by atoms with van der Waals surface area (Å²) in [6, 6.07) is 0.406. The molecule has 0 amide bonds. The lowest BCUT2D eigenvalue weighted by Gasteiger charge is -2.26. The molecule has 1 heterocycles. The normalized spacial score (nSPS) is 16.6. The molecule has 100 valence electrons. The number of imidazole rings is 1. The first-order valence-electron chi connectivity index (χ1n) is 6.66. The molecule has 5 heteroatoms. The lowest BCUT2D eigenvalue weighted by Crippen LogP contribution is -2.37. The molecule has 0 spiro atoms. The number of hydrogen-bond acceptors (Lipinski definition) is 3. The molecule has 1 saturated carbocycles. The first-order chi connectivity index (χ1) is 8.70. The van der Waals surface area contributed by atoms with E-state index in [1.54, 1.807) is 6.20 Å². The molecule has 18 heavy (non-hydrogen) atoms. The number of aromatic nitrogens is 2. The quantitative estimate of drug-likeness (QED) is 0.836. The summed E-state index contributed by atoms with van der Waals surface area (Å²) in [5.41, 5.74) is 0. The Bertz CT molecular complexity index is 397. The van der Waals surface area contributed by atoms with Gasteiger partial charge in [0.1, 0.15) is 5.82 Å². The zero-order valence-corrected chi connectivity index (χ0v) is 10.9. The highest BCUT2D eigenvalue weighted by Crippen LogP contribution is 2.24. The van der Waals surface area contributed by atoms with E-state index in [1.165, 1.54) is 12.8 Å². The predicted molar refractivity (Wildman–Crippen MR) is 68.2 cm³/mol. The summed E-state index contributed by atoms with van der Waals surface area (Å²) >= 11 is 0. The van der Waals surface area contributed by atoms with Crippen LogP contribution in [0, 0.1) is 0 Å². The molecule has 1 fully saturated rings. The largest absolute Gasteiger partial charge is 0.480 e. The molecule has 1 aromatic heterocycles. The minimum atomic E-state index is -0.753. The number of rotatable bonds is 6. The lowest BCUT2D eigenvalue weighted by molar-refractivity contribution is -0.139. The van der Waals surface area contributed by atoms with E-state index in [1.807, 2.05) is 6.20 Å². The second kappa shape index (κ2) is 6.00. The number of carboxylic acid groups (broad SMARTS) is 1. The van der Waals surface area contributed by atoms with Gasteiger partial charge in [-0.15, -0.1) is 0 Å². The zero-order valence-electron chi connectivity index (χ0n) is 10.9. The van der Waals surface area contributed by atoms with Crippen LogP contribution in [0.25, 0.3) is 0 Å². The Morgan fingerprint density at radius 2 is 2.28 bits per heavy atom. The standard InChI is InChI=1S/C13H21N3O2/c1-2-15-8-7-14-12(15)9-16(10-13(17)18)11-5-3-4-6-11/h7-8,11H,2-6,9-10H2,1H3,(H,17,18). The van der Waals surface area contributed by atoms with Crippen LogP contribution in [0.15, 0.2) is 12.4 Å². The number of carboxylic acids is 1. The molecule has 1 N–H and O–H groups in total. The maximum atomic E-state index is 11.0. The van der Waals surface area contributed by atoms with E-state index in [0.717, 1.165) is 25.2 Å². The van der Waals surface area contributed by atoms with Crippen molar-refractivity contribution in [1.82, 2.24) is 14.5 Å². The zero-order chi connectivity index (χ0) is 13.0. The Labute approximate surface area is 107 Å². The van der Waals surface area contributed by atoms with Gasteiger partial charge < -0.3 is 9.67 Å². The first-order valence-corrected chi connectivity index (χ1v) is 6.66. The van der Waals surface area contributed by atoms with Crippen LogP contribution in [-0.4, -0.2) is 38.1 Å². The molecule has 1 aliphatic rings. The van der Waals surface area contributed by atoms with Gasteiger partial charge in [0, 0.05) is 25.0 Å². The van der Waals surface area contributed by atoms with Crippen molar-refractivity contribution in [2.24, 2.45) is 0 Å². The van der Waals surface area contributed by atoms with Crippen LogP contribution >= 0.6 is 0 Å². The molecular weight excluding hydrogens is 230 g/mol. The molecule has 0 aromatic carbocycles. The van der Waals surface area contributed by atoms with Crippen LogP contribution < -0.4 is 0 Å². The fourth-order valence-corrected chi connectivity index (χ4v) is 2.72. The van der Waals surface area contributed by atoms with Gasteiger partial charge in [0.15, 0.2) is 0 Å². The molecule has 2 rings (SSSR count). The van der Waals surface area contributed by atoms with Crippen molar-refractivity contribution in [1.29, 1.82) is 0 Å². The second-order valence-corrected chi connectivity index (χ2v) is 4.87. The van der Waals surface area contributed by atoms with Gasteiger partial charge >= 0.3 is 5.97 Å². The highest BCUT2D eigenvalue weighted by Gasteiger charge is 2.25. The molecule has 0 radical (unpaired) electrons. The number of carbonyl (C=O) groups is 1. The summed E-state index contributed by atoms with van der Waals surface area (Å²) in [5.74, 6) is 0.210. The van der Waals surface area contributed by atoms with Gasteiger partial charge in [-0.2, -0.15) is 0 Å². The van der Waals surface area contributed by atoms with Crippen LogP contribution in [0.3, 0.4) is 0 Å². The van der Waals surface area contributed by atoms with Crippen LogP contribution in [0.5, 0.6) is 0 Å². The van der Waals surface area contributed by atoms with E-state index < -0.39 is 5.97 Å². The minimum absolute atomic E-state index is 0.112. The Kier molecular flexibility index (Phi) is 4.36. The van der Waals surface area contributed by atoms with Gasteiger partial charge in [-0.3, -0.25) is 9.69 Å². The van der Waals surface area contributed by atoms with Crippen LogP contribution in [0.4, 0.5) is 0 Å². The van der Waals surface area contributed by atoms with Crippen molar-refractivity contribution < 1.29 is 9.90 Å². The Morgan fingerprint density at radius 1 is 1.56 bits per heavy atom. The molecule has 0 saturated heterocycles. The molecule has 1 aromatic rings. The van der Waals surface area contributed by atoms with Gasteiger partial charge in [-0.1, -0.05) is 12.8 Å². The number of aliphatic carboxylic acids is 1. The smallest absolute Gasteiger partial charge is 0.317 e. The number of nitrogens with zero attached hydrogens (tertiary/aromatic N) is 3. The maximum absolute atomic E-state index is 11.0. The molecule has 1 aliphatic carbocycles. The summed E-state index contributed by atoms with van der Waals surface area (Å²) in [6.45, 7) is 3.70. The van der Waals surface area contributed by atoms with Gasteiger partial charge in [-0.25, -0.2) is 4.98 Å². The molecule has 0 bridgehead atoms. The van der Waals surface area contributed by atoms with Crippen molar-refractivity contribution in [2.75, 3.05) is 6.54 Å². The van der Waals surface area contributed by atoms with E-state index in [-0.39, 0.29) is 6.54 Å². The van der Waals surface area contributed by atoms with Gasteiger partial charge in [0.25, 0.3) is 0 Å². The van der Waals surface area contributed by atoms with Gasteiger partial charge in [0.2, 0.25) is 0 Å². The third-order valence-electron chi connectivity index (χ3n) is 3.67. The fraction of sp³-hybridized carbons (Fsp3) is 0.692. The monoisotopic (exact) mass is 251 g/mol. The Hall–Kier alpha value is -1.36. The van der Waals surface area contributed by atoms with E-state index >= 15 is 0 Å². The topological polar surface area (TPSA) is 58.4 Å². The first kappa shape index (κ1) is 13.1. The minimum Gasteiger partial charge on any atom is -0.480 e. The van der Waals surface area contributed by atoms with Crippen LogP contribution in [-0.2, 0) is 17.9 Å². The summed E-state index contributed by atoms with van der Waals surface area (Å²) in [7, 11) is 0. The average molecular weight is 251 g/mol. The molecule has 0 atom stereocenters.